The summed E-state index contributed by atoms with van der Waals surface area (Å²) in [7, 11) is 1.71. The summed E-state index contributed by atoms with van der Waals surface area (Å²) in [5.74, 6) is 0. The first-order valence-electron chi connectivity index (χ1n) is 5.59. The highest BCUT2D eigenvalue weighted by molar-refractivity contribution is 5.58. The Labute approximate surface area is 96.0 Å². The topological polar surface area (TPSA) is 29.5 Å². The Balaban J connectivity index is 2.01. The van der Waals surface area contributed by atoms with Crippen molar-refractivity contribution in [2.45, 2.75) is 25.1 Å². The molecule has 1 aliphatic rings. The number of nitrogens with zero attached hydrogens (tertiary/aromatic N) is 1. The van der Waals surface area contributed by atoms with Crippen LogP contribution in [0.1, 0.15) is 12.0 Å². The van der Waals surface area contributed by atoms with E-state index in [-0.39, 0.29) is 12.1 Å². The van der Waals surface area contributed by atoms with Crippen molar-refractivity contribution in [1.29, 1.82) is 0 Å². The molecule has 0 spiro atoms. The molecular weight excluding hydrogens is 202 g/mol. The summed E-state index contributed by atoms with van der Waals surface area (Å²) >= 11 is 0. The molecule has 1 heterocycles. The van der Waals surface area contributed by atoms with Crippen molar-refractivity contribution in [3.8, 4) is 0 Å². The van der Waals surface area contributed by atoms with E-state index in [0.717, 1.165) is 25.8 Å². The molecule has 0 aromatic heterocycles. The second kappa shape index (κ2) is 5.23. The zero-order valence-electron chi connectivity index (χ0n) is 9.50. The van der Waals surface area contributed by atoms with Gasteiger partial charge in [0.25, 0.3) is 0 Å². The van der Waals surface area contributed by atoms with Crippen LogP contribution in [0.15, 0.2) is 30.3 Å². The SMILES string of the molecule is COC1CC(C=O)N(Cc2ccccc2)C1. The first-order chi connectivity index (χ1) is 7.83. The summed E-state index contributed by atoms with van der Waals surface area (Å²) in [6, 6.07) is 10.2. The number of likely N-dealkylation sites (tertiary alicyclic amines) is 1. The molecule has 2 atom stereocenters. The van der Waals surface area contributed by atoms with Crippen molar-refractivity contribution < 1.29 is 9.53 Å². The summed E-state index contributed by atoms with van der Waals surface area (Å²) in [5.41, 5.74) is 1.24. The van der Waals surface area contributed by atoms with Crippen LogP contribution in [0.4, 0.5) is 0 Å². The molecule has 2 unspecified atom stereocenters. The van der Waals surface area contributed by atoms with Crippen LogP contribution >= 0.6 is 0 Å². The first-order valence-corrected chi connectivity index (χ1v) is 5.59. The van der Waals surface area contributed by atoms with Gasteiger partial charge in [0.2, 0.25) is 0 Å². The number of carbonyl (C=O) groups excluding carboxylic acids is 1. The molecule has 2 rings (SSSR count). The number of hydrogen-bond acceptors (Lipinski definition) is 3. The van der Waals surface area contributed by atoms with E-state index in [1.54, 1.807) is 7.11 Å². The third-order valence-corrected chi connectivity index (χ3v) is 3.13. The van der Waals surface area contributed by atoms with Gasteiger partial charge in [0, 0.05) is 20.2 Å². The number of methoxy groups -OCH3 is 1. The predicted octanol–water partition coefficient (Wildman–Crippen LogP) is 1.47. The lowest BCUT2D eigenvalue weighted by Gasteiger charge is -2.19. The highest BCUT2D eigenvalue weighted by atomic mass is 16.5. The van der Waals surface area contributed by atoms with E-state index in [1.165, 1.54) is 5.56 Å². The summed E-state index contributed by atoms with van der Waals surface area (Å²) in [5, 5.41) is 0. The van der Waals surface area contributed by atoms with E-state index in [1.807, 2.05) is 18.2 Å². The number of aldehydes is 1. The third-order valence-electron chi connectivity index (χ3n) is 3.13. The monoisotopic (exact) mass is 219 g/mol. The van der Waals surface area contributed by atoms with E-state index in [0.29, 0.717) is 0 Å². The van der Waals surface area contributed by atoms with E-state index in [2.05, 4.69) is 17.0 Å². The first kappa shape index (κ1) is 11.3. The van der Waals surface area contributed by atoms with Gasteiger partial charge in [0.1, 0.15) is 6.29 Å². The van der Waals surface area contributed by atoms with Crippen LogP contribution in [0, 0.1) is 0 Å². The molecule has 0 amide bonds. The molecule has 0 radical (unpaired) electrons. The molecule has 1 aromatic rings. The standard InChI is InChI=1S/C13H17NO2/c1-16-13-7-12(10-15)14(9-13)8-11-5-3-2-4-6-11/h2-6,10,12-13H,7-9H2,1H3. The van der Waals surface area contributed by atoms with Crippen LogP contribution in [0.3, 0.4) is 0 Å². The van der Waals surface area contributed by atoms with Crippen molar-refractivity contribution in [3.63, 3.8) is 0 Å². The van der Waals surface area contributed by atoms with Gasteiger partial charge in [-0.2, -0.15) is 0 Å². The summed E-state index contributed by atoms with van der Waals surface area (Å²) in [4.78, 5) is 13.1. The molecule has 0 aliphatic carbocycles. The smallest absolute Gasteiger partial charge is 0.137 e. The summed E-state index contributed by atoms with van der Waals surface area (Å²) < 4.78 is 5.31. The lowest BCUT2D eigenvalue weighted by atomic mass is 10.2. The number of rotatable bonds is 4. The Hall–Kier alpha value is -1.19. The Morgan fingerprint density at radius 3 is 2.81 bits per heavy atom. The Morgan fingerprint density at radius 1 is 1.44 bits per heavy atom. The van der Waals surface area contributed by atoms with Crippen LogP contribution in [-0.4, -0.2) is 37.0 Å². The van der Waals surface area contributed by atoms with Gasteiger partial charge in [-0.15, -0.1) is 0 Å². The minimum Gasteiger partial charge on any atom is -0.380 e. The Kier molecular flexibility index (Phi) is 3.70. The lowest BCUT2D eigenvalue weighted by Crippen LogP contribution is -2.30. The summed E-state index contributed by atoms with van der Waals surface area (Å²) in [6.07, 6.45) is 2.04. The van der Waals surface area contributed by atoms with Crippen molar-refractivity contribution in [3.05, 3.63) is 35.9 Å². The van der Waals surface area contributed by atoms with Gasteiger partial charge in [0.15, 0.2) is 0 Å². The average molecular weight is 219 g/mol. The molecule has 3 nitrogen and oxygen atoms in total. The van der Waals surface area contributed by atoms with Crippen LogP contribution in [0.25, 0.3) is 0 Å². The molecule has 0 saturated carbocycles. The van der Waals surface area contributed by atoms with Gasteiger partial charge in [-0.3, -0.25) is 4.90 Å². The highest BCUT2D eigenvalue weighted by Crippen LogP contribution is 2.20. The van der Waals surface area contributed by atoms with Gasteiger partial charge in [-0.1, -0.05) is 30.3 Å². The maximum Gasteiger partial charge on any atom is 0.137 e. The number of ether oxygens (including phenoxy) is 1. The van der Waals surface area contributed by atoms with Crippen molar-refractivity contribution >= 4 is 6.29 Å². The van der Waals surface area contributed by atoms with Crippen LogP contribution in [0.2, 0.25) is 0 Å². The maximum absolute atomic E-state index is 11.0. The second-order valence-electron chi connectivity index (χ2n) is 4.21. The van der Waals surface area contributed by atoms with Crippen LogP contribution < -0.4 is 0 Å². The molecule has 16 heavy (non-hydrogen) atoms. The Morgan fingerprint density at radius 2 is 2.19 bits per heavy atom. The van der Waals surface area contributed by atoms with E-state index >= 15 is 0 Å². The zero-order valence-corrected chi connectivity index (χ0v) is 9.50. The Bertz CT molecular complexity index is 339. The third kappa shape index (κ3) is 2.49. The van der Waals surface area contributed by atoms with E-state index in [9.17, 15) is 4.79 Å². The van der Waals surface area contributed by atoms with E-state index < -0.39 is 0 Å². The normalized spacial score (nSPS) is 25.8. The second-order valence-corrected chi connectivity index (χ2v) is 4.21. The minimum atomic E-state index is 0.00477. The number of benzene rings is 1. The molecule has 86 valence electrons. The quantitative estimate of drug-likeness (QED) is 0.718. The molecule has 0 bridgehead atoms. The fourth-order valence-electron chi connectivity index (χ4n) is 2.20. The van der Waals surface area contributed by atoms with Crippen molar-refractivity contribution in [2.75, 3.05) is 13.7 Å². The van der Waals surface area contributed by atoms with Gasteiger partial charge >= 0.3 is 0 Å². The molecular formula is C13H17NO2. The molecule has 3 heteroatoms. The van der Waals surface area contributed by atoms with Gasteiger partial charge < -0.3 is 9.53 Å². The molecule has 1 fully saturated rings. The number of hydrogen-bond donors (Lipinski definition) is 0. The fraction of sp³-hybridized carbons (Fsp3) is 0.462. The van der Waals surface area contributed by atoms with Gasteiger partial charge in [-0.25, -0.2) is 0 Å². The predicted molar refractivity (Wildman–Crippen MR) is 62.1 cm³/mol. The average Bonchev–Trinajstić information content (AvgIpc) is 2.73. The highest BCUT2D eigenvalue weighted by Gasteiger charge is 2.31. The van der Waals surface area contributed by atoms with Crippen molar-refractivity contribution in [1.82, 2.24) is 4.90 Å². The largest absolute Gasteiger partial charge is 0.380 e. The zero-order chi connectivity index (χ0) is 11.4. The molecule has 1 aromatic carbocycles. The number of carbonyl (C=O) groups is 1. The molecule has 1 aliphatic heterocycles. The van der Waals surface area contributed by atoms with Crippen LogP contribution in [0.5, 0.6) is 0 Å². The molecule has 1 saturated heterocycles. The van der Waals surface area contributed by atoms with Gasteiger partial charge in [0.05, 0.1) is 12.1 Å². The summed E-state index contributed by atoms with van der Waals surface area (Å²) in [6.45, 7) is 1.67. The lowest BCUT2D eigenvalue weighted by molar-refractivity contribution is -0.111. The van der Waals surface area contributed by atoms with E-state index in [4.69, 9.17) is 4.74 Å². The maximum atomic E-state index is 11.0. The fourth-order valence-corrected chi connectivity index (χ4v) is 2.20. The van der Waals surface area contributed by atoms with Gasteiger partial charge in [-0.05, 0) is 12.0 Å². The van der Waals surface area contributed by atoms with Crippen LogP contribution in [-0.2, 0) is 16.1 Å². The molecule has 0 N–H and O–H groups in total. The minimum absolute atomic E-state index is 0.00477. The van der Waals surface area contributed by atoms with Crippen molar-refractivity contribution in [2.24, 2.45) is 0 Å².